The maximum Gasteiger partial charge on any atom is 0.337 e. The lowest BCUT2D eigenvalue weighted by atomic mass is 9.95. The molecule has 2 unspecified atom stereocenters. The first kappa shape index (κ1) is 8.72. The molecule has 2 aliphatic rings. The quantitative estimate of drug-likeness (QED) is 0.514. The lowest BCUT2D eigenvalue weighted by molar-refractivity contribution is 0.0600. The minimum atomic E-state index is -0.246. The Balaban J connectivity index is 2.06. The number of carbonyl (C=O) groups excluding carboxylic acids is 1. The molecular weight excluding hydrogens is 188 g/mol. The largest absolute Gasteiger partial charge is 0.465 e. The molecule has 0 fully saturated rings. The maximum atomic E-state index is 11.4. The van der Waals surface area contributed by atoms with Crippen LogP contribution in [0.2, 0.25) is 0 Å². The van der Waals surface area contributed by atoms with Crippen LogP contribution in [0.1, 0.15) is 39.7 Å². The van der Waals surface area contributed by atoms with Gasteiger partial charge in [0.15, 0.2) is 0 Å². The van der Waals surface area contributed by atoms with E-state index >= 15 is 0 Å². The molecule has 0 saturated heterocycles. The van der Waals surface area contributed by atoms with E-state index < -0.39 is 0 Å². The fraction of sp³-hybridized carbons (Fsp3) is 0.308. The molecule has 2 nitrogen and oxygen atoms in total. The lowest BCUT2D eigenvalue weighted by Gasteiger charge is -2.11. The number of allylic oxidation sites excluding steroid dienone is 2. The number of methoxy groups -OCH3 is 1. The Bertz CT molecular complexity index is 460. The molecule has 3 rings (SSSR count). The van der Waals surface area contributed by atoms with Crippen molar-refractivity contribution in [3.63, 3.8) is 0 Å². The van der Waals surface area contributed by atoms with Gasteiger partial charge in [0.1, 0.15) is 0 Å². The van der Waals surface area contributed by atoms with Crippen LogP contribution in [0.3, 0.4) is 0 Å². The monoisotopic (exact) mass is 200 g/mol. The van der Waals surface area contributed by atoms with Crippen LogP contribution in [0.5, 0.6) is 0 Å². The molecule has 2 heteroatoms. The van der Waals surface area contributed by atoms with Crippen LogP contribution in [0, 0.1) is 0 Å². The fourth-order valence-electron chi connectivity index (χ4n) is 2.64. The lowest BCUT2D eigenvalue weighted by Crippen LogP contribution is -2.03. The molecule has 2 bridgehead atoms. The Morgan fingerprint density at radius 2 is 2.00 bits per heavy atom. The molecule has 1 aromatic rings. The van der Waals surface area contributed by atoms with Gasteiger partial charge in [0.25, 0.3) is 0 Å². The smallest absolute Gasteiger partial charge is 0.337 e. The predicted octanol–water partition coefficient (Wildman–Crippen LogP) is 2.61. The zero-order valence-corrected chi connectivity index (χ0v) is 8.57. The summed E-state index contributed by atoms with van der Waals surface area (Å²) >= 11 is 0. The van der Waals surface area contributed by atoms with E-state index in [1.807, 2.05) is 12.1 Å². The molecule has 0 aliphatic heterocycles. The topological polar surface area (TPSA) is 26.3 Å². The normalized spacial score (nSPS) is 25.4. The molecule has 0 heterocycles. The predicted molar refractivity (Wildman–Crippen MR) is 57.0 cm³/mol. The van der Waals surface area contributed by atoms with Crippen molar-refractivity contribution < 1.29 is 9.53 Å². The first-order valence-electron chi connectivity index (χ1n) is 5.20. The highest BCUT2D eigenvalue weighted by molar-refractivity contribution is 5.89. The van der Waals surface area contributed by atoms with Crippen LogP contribution in [0.4, 0.5) is 0 Å². The molecule has 0 radical (unpaired) electrons. The van der Waals surface area contributed by atoms with E-state index in [1.54, 1.807) is 0 Å². The van der Waals surface area contributed by atoms with Gasteiger partial charge in [-0.05, 0) is 29.7 Å². The van der Waals surface area contributed by atoms with Gasteiger partial charge in [-0.3, -0.25) is 0 Å². The summed E-state index contributed by atoms with van der Waals surface area (Å²) in [7, 11) is 1.42. The second-order valence-electron chi connectivity index (χ2n) is 4.17. The molecule has 2 atom stereocenters. The zero-order valence-electron chi connectivity index (χ0n) is 8.57. The van der Waals surface area contributed by atoms with Crippen LogP contribution in [-0.2, 0) is 4.74 Å². The molecular formula is C13H12O2. The Kier molecular flexibility index (Phi) is 1.72. The number of carbonyl (C=O) groups is 1. The third-order valence-electron chi connectivity index (χ3n) is 3.39. The van der Waals surface area contributed by atoms with Crippen molar-refractivity contribution in [3.8, 4) is 0 Å². The van der Waals surface area contributed by atoms with Gasteiger partial charge in [-0.25, -0.2) is 4.79 Å². The van der Waals surface area contributed by atoms with Gasteiger partial charge in [-0.15, -0.1) is 0 Å². The molecule has 15 heavy (non-hydrogen) atoms. The molecule has 2 aliphatic carbocycles. The summed E-state index contributed by atoms with van der Waals surface area (Å²) in [6.07, 6.45) is 5.69. The Morgan fingerprint density at radius 1 is 1.27 bits per heavy atom. The summed E-state index contributed by atoms with van der Waals surface area (Å²) in [6.45, 7) is 0. The van der Waals surface area contributed by atoms with Gasteiger partial charge < -0.3 is 4.74 Å². The first-order chi connectivity index (χ1) is 7.29. The highest BCUT2D eigenvalue weighted by Crippen LogP contribution is 2.48. The summed E-state index contributed by atoms with van der Waals surface area (Å²) in [5, 5.41) is 0. The average molecular weight is 200 g/mol. The third kappa shape index (κ3) is 1.14. The zero-order chi connectivity index (χ0) is 10.4. The van der Waals surface area contributed by atoms with E-state index in [4.69, 9.17) is 4.74 Å². The van der Waals surface area contributed by atoms with E-state index in [2.05, 4.69) is 18.2 Å². The Labute approximate surface area is 88.6 Å². The van der Waals surface area contributed by atoms with Gasteiger partial charge in [-0.2, -0.15) is 0 Å². The number of fused-ring (bicyclic) bond motifs is 5. The van der Waals surface area contributed by atoms with Gasteiger partial charge in [-0.1, -0.05) is 18.2 Å². The third-order valence-corrected chi connectivity index (χ3v) is 3.39. The summed E-state index contributed by atoms with van der Waals surface area (Å²) in [5.74, 6) is 0.857. The van der Waals surface area contributed by atoms with Crippen molar-refractivity contribution in [1.82, 2.24) is 0 Å². The minimum absolute atomic E-state index is 0.246. The summed E-state index contributed by atoms with van der Waals surface area (Å²) in [5.41, 5.74) is 3.36. The number of hydrogen-bond donors (Lipinski definition) is 0. The molecule has 0 saturated carbocycles. The van der Waals surface area contributed by atoms with Crippen LogP contribution in [-0.4, -0.2) is 13.1 Å². The van der Waals surface area contributed by atoms with Crippen LogP contribution in [0.25, 0.3) is 0 Å². The Hall–Kier alpha value is -1.57. The van der Waals surface area contributed by atoms with Gasteiger partial charge in [0, 0.05) is 11.8 Å². The van der Waals surface area contributed by atoms with Gasteiger partial charge >= 0.3 is 5.97 Å². The van der Waals surface area contributed by atoms with Crippen molar-refractivity contribution >= 4 is 5.97 Å². The molecule has 1 aromatic carbocycles. The van der Waals surface area contributed by atoms with Crippen molar-refractivity contribution in [1.29, 1.82) is 0 Å². The Morgan fingerprint density at radius 3 is 2.73 bits per heavy atom. The van der Waals surface area contributed by atoms with E-state index in [0.717, 1.165) is 0 Å². The number of rotatable bonds is 1. The summed E-state index contributed by atoms with van der Waals surface area (Å²) in [6, 6.07) is 5.91. The standard InChI is InChI=1S/C13H12O2/c1-15-13(14)10-4-5-11-8-2-3-9(6-8)12(11)7-10/h2-5,7-9H,6H2,1H3. The van der Waals surface area contributed by atoms with E-state index in [1.165, 1.54) is 24.7 Å². The molecule has 0 amide bonds. The SMILES string of the molecule is COC(=O)c1ccc2c(c1)C1C=CC2C1. The fourth-order valence-corrected chi connectivity index (χ4v) is 2.64. The van der Waals surface area contributed by atoms with E-state index in [0.29, 0.717) is 17.4 Å². The summed E-state index contributed by atoms with van der Waals surface area (Å²) < 4.78 is 4.72. The molecule has 0 N–H and O–H groups in total. The van der Waals surface area contributed by atoms with Crippen molar-refractivity contribution in [3.05, 3.63) is 47.0 Å². The van der Waals surface area contributed by atoms with Crippen molar-refractivity contribution in [2.75, 3.05) is 7.11 Å². The van der Waals surface area contributed by atoms with Crippen LogP contribution in [0.15, 0.2) is 30.4 Å². The van der Waals surface area contributed by atoms with Crippen LogP contribution < -0.4 is 0 Å². The molecule has 76 valence electrons. The molecule has 0 spiro atoms. The summed E-state index contributed by atoms with van der Waals surface area (Å²) in [4.78, 5) is 11.4. The second-order valence-corrected chi connectivity index (χ2v) is 4.17. The number of hydrogen-bond acceptors (Lipinski definition) is 2. The first-order valence-corrected chi connectivity index (χ1v) is 5.20. The molecule has 0 aromatic heterocycles. The van der Waals surface area contributed by atoms with Crippen molar-refractivity contribution in [2.45, 2.75) is 18.3 Å². The highest BCUT2D eigenvalue weighted by Gasteiger charge is 2.32. The maximum absolute atomic E-state index is 11.4. The average Bonchev–Trinajstić information content (AvgIpc) is 2.88. The second kappa shape index (κ2) is 2.96. The number of esters is 1. The minimum Gasteiger partial charge on any atom is -0.465 e. The highest BCUT2D eigenvalue weighted by atomic mass is 16.5. The van der Waals surface area contributed by atoms with Gasteiger partial charge in [0.05, 0.1) is 12.7 Å². The van der Waals surface area contributed by atoms with Crippen LogP contribution >= 0.6 is 0 Å². The van der Waals surface area contributed by atoms with Crippen molar-refractivity contribution in [2.24, 2.45) is 0 Å². The van der Waals surface area contributed by atoms with E-state index in [9.17, 15) is 4.79 Å². The van der Waals surface area contributed by atoms with Gasteiger partial charge in [0.2, 0.25) is 0 Å². The van der Waals surface area contributed by atoms with E-state index in [-0.39, 0.29) is 5.97 Å². The number of benzene rings is 1. The number of ether oxygens (including phenoxy) is 1.